The van der Waals surface area contributed by atoms with E-state index in [0.717, 1.165) is 11.8 Å². The fourth-order valence-electron chi connectivity index (χ4n) is 4.34. The number of aliphatic carboxylic acids is 1. The van der Waals surface area contributed by atoms with Gasteiger partial charge in [-0.3, -0.25) is 9.59 Å². The predicted molar refractivity (Wildman–Crippen MR) is 72.1 cm³/mol. The standard InChI is InChI=1S/C15H23NO4/c1-16(13-8-20-7-12(13)15(18)19)14(17)6-11-5-9-2-3-10(11)4-9/h9-13H,2-8H2,1H3,(H,18,19). The molecule has 3 fully saturated rings. The van der Waals surface area contributed by atoms with Gasteiger partial charge in [-0.15, -0.1) is 0 Å². The van der Waals surface area contributed by atoms with Gasteiger partial charge in [-0.1, -0.05) is 6.42 Å². The SMILES string of the molecule is CN(C(=O)CC1CC2CCC1C2)C1COCC1C(=O)O. The van der Waals surface area contributed by atoms with Gasteiger partial charge in [-0.25, -0.2) is 0 Å². The molecule has 5 nitrogen and oxygen atoms in total. The first-order chi connectivity index (χ1) is 9.56. The number of likely N-dealkylation sites (N-methyl/N-ethyl adjacent to an activating group) is 1. The zero-order valence-electron chi connectivity index (χ0n) is 12.0. The van der Waals surface area contributed by atoms with Crippen molar-refractivity contribution in [1.29, 1.82) is 0 Å². The van der Waals surface area contributed by atoms with Crippen molar-refractivity contribution in [2.45, 2.75) is 38.1 Å². The van der Waals surface area contributed by atoms with Crippen LogP contribution in [0.25, 0.3) is 0 Å². The molecule has 3 aliphatic rings. The molecule has 3 rings (SSSR count). The van der Waals surface area contributed by atoms with E-state index in [2.05, 4.69) is 0 Å². The highest BCUT2D eigenvalue weighted by Crippen LogP contribution is 2.49. The Labute approximate surface area is 119 Å². The molecule has 2 bridgehead atoms. The highest BCUT2D eigenvalue weighted by Gasteiger charge is 2.42. The molecule has 0 aromatic carbocycles. The Hall–Kier alpha value is -1.10. The first kappa shape index (κ1) is 13.9. The zero-order valence-corrected chi connectivity index (χ0v) is 12.0. The molecular formula is C15H23NO4. The molecule has 2 saturated carbocycles. The Morgan fingerprint density at radius 2 is 2.05 bits per heavy atom. The summed E-state index contributed by atoms with van der Waals surface area (Å²) < 4.78 is 5.25. The number of carbonyl (C=O) groups is 2. The van der Waals surface area contributed by atoms with Crippen LogP contribution in [-0.4, -0.2) is 48.2 Å². The summed E-state index contributed by atoms with van der Waals surface area (Å²) in [5, 5.41) is 9.17. The van der Waals surface area contributed by atoms with Gasteiger partial charge in [0.1, 0.15) is 5.92 Å². The monoisotopic (exact) mass is 281 g/mol. The van der Waals surface area contributed by atoms with Crippen molar-refractivity contribution in [3.63, 3.8) is 0 Å². The maximum atomic E-state index is 12.4. The van der Waals surface area contributed by atoms with E-state index in [-0.39, 0.29) is 18.6 Å². The van der Waals surface area contributed by atoms with Crippen LogP contribution in [0.3, 0.4) is 0 Å². The molecule has 2 aliphatic carbocycles. The minimum atomic E-state index is -0.868. The second kappa shape index (κ2) is 5.35. The molecule has 5 unspecified atom stereocenters. The Kier molecular flexibility index (Phi) is 3.71. The van der Waals surface area contributed by atoms with E-state index in [9.17, 15) is 9.59 Å². The minimum absolute atomic E-state index is 0.0873. The number of hydrogen-bond donors (Lipinski definition) is 1. The van der Waals surface area contributed by atoms with Crippen molar-refractivity contribution in [2.75, 3.05) is 20.3 Å². The van der Waals surface area contributed by atoms with E-state index in [1.165, 1.54) is 25.7 Å². The maximum Gasteiger partial charge on any atom is 0.311 e. The molecular weight excluding hydrogens is 258 g/mol. The van der Waals surface area contributed by atoms with E-state index in [4.69, 9.17) is 9.84 Å². The van der Waals surface area contributed by atoms with Gasteiger partial charge in [0.05, 0.1) is 19.3 Å². The number of amides is 1. The van der Waals surface area contributed by atoms with Crippen LogP contribution in [0, 0.1) is 23.7 Å². The fraction of sp³-hybridized carbons (Fsp3) is 0.867. The summed E-state index contributed by atoms with van der Waals surface area (Å²) in [7, 11) is 1.73. The molecule has 0 aromatic heterocycles. The predicted octanol–water partition coefficient (Wildman–Crippen LogP) is 1.37. The van der Waals surface area contributed by atoms with Gasteiger partial charge in [0.15, 0.2) is 0 Å². The van der Waals surface area contributed by atoms with E-state index in [1.54, 1.807) is 11.9 Å². The topological polar surface area (TPSA) is 66.8 Å². The number of carboxylic acids is 1. The first-order valence-corrected chi connectivity index (χ1v) is 7.62. The lowest BCUT2D eigenvalue weighted by Gasteiger charge is -2.29. The van der Waals surface area contributed by atoms with Crippen molar-refractivity contribution in [3.05, 3.63) is 0 Å². The third-order valence-corrected chi connectivity index (χ3v) is 5.58. The van der Waals surface area contributed by atoms with Gasteiger partial charge in [0.25, 0.3) is 0 Å². The number of carboxylic acid groups (broad SMARTS) is 1. The zero-order chi connectivity index (χ0) is 14.3. The van der Waals surface area contributed by atoms with Crippen molar-refractivity contribution in [1.82, 2.24) is 4.90 Å². The van der Waals surface area contributed by atoms with Gasteiger partial charge in [0.2, 0.25) is 5.91 Å². The second-order valence-electron chi connectivity index (χ2n) is 6.69. The molecule has 5 heteroatoms. The van der Waals surface area contributed by atoms with E-state index < -0.39 is 11.9 Å². The molecule has 1 aliphatic heterocycles. The number of nitrogens with zero attached hydrogens (tertiary/aromatic N) is 1. The molecule has 0 spiro atoms. The van der Waals surface area contributed by atoms with Crippen molar-refractivity contribution < 1.29 is 19.4 Å². The summed E-state index contributed by atoms with van der Waals surface area (Å²) in [6.45, 7) is 0.557. The maximum absolute atomic E-state index is 12.4. The Morgan fingerprint density at radius 1 is 1.25 bits per heavy atom. The largest absolute Gasteiger partial charge is 0.481 e. The lowest BCUT2D eigenvalue weighted by molar-refractivity contribution is -0.144. The van der Waals surface area contributed by atoms with Gasteiger partial charge < -0.3 is 14.7 Å². The molecule has 1 saturated heterocycles. The normalized spacial score (nSPS) is 39.1. The molecule has 20 heavy (non-hydrogen) atoms. The van der Waals surface area contributed by atoms with Gasteiger partial charge in [-0.05, 0) is 37.0 Å². The number of rotatable bonds is 4. The van der Waals surface area contributed by atoms with Crippen LogP contribution in [0.1, 0.15) is 32.1 Å². The highest BCUT2D eigenvalue weighted by atomic mass is 16.5. The van der Waals surface area contributed by atoms with Crippen LogP contribution >= 0.6 is 0 Å². The van der Waals surface area contributed by atoms with Crippen LogP contribution in [0.15, 0.2) is 0 Å². The smallest absolute Gasteiger partial charge is 0.311 e. The number of ether oxygens (including phenoxy) is 1. The molecule has 1 heterocycles. The van der Waals surface area contributed by atoms with Gasteiger partial charge in [0, 0.05) is 13.5 Å². The lowest BCUT2D eigenvalue weighted by Crippen LogP contribution is -2.44. The van der Waals surface area contributed by atoms with Crippen molar-refractivity contribution in [2.24, 2.45) is 23.7 Å². The molecule has 0 radical (unpaired) electrons. The average Bonchev–Trinajstić information content (AvgIpc) is 3.13. The molecule has 1 amide bonds. The Balaban J connectivity index is 1.58. The van der Waals surface area contributed by atoms with Crippen molar-refractivity contribution >= 4 is 11.9 Å². The Morgan fingerprint density at radius 3 is 2.65 bits per heavy atom. The Bertz CT molecular complexity index is 411. The third kappa shape index (κ3) is 2.43. The summed E-state index contributed by atoms with van der Waals surface area (Å²) >= 11 is 0. The second-order valence-corrected chi connectivity index (χ2v) is 6.69. The average molecular weight is 281 g/mol. The number of carbonyl (C=O) groups excluding carboxylic acids is 1. The quantitative estimate of drug-likeness (QED) is 0.845. The van der Waals surface area contributed by atoms with Crippen LogP contribution < -0.4 is 0 Å². The van der Waals surface area contributed by atoms with E-state index >= 15 is 0 Å². The molecule has 5 atom stereocenters. The molecule has 0 aromatic rings. The van der Waals surface area contributed by atoms with E-state index in [1.807, 2.05) is 0 Å². The number of hydrogen-bond acceptors (Lipinski definition) is 3. The summed E-state index contributed by atoms with van der Waals surface area (Å²) in [5.74, 6) is 0.729. The fourth-order valence-corrected chi connectivity index (χ4v) is 4.34. The summed E-state index contributed by atoms with van der Waals surface area (Å²) in [6.07, 6.45) is 5.68. The first-order valence-electron chi connectivity index (χ1n) is 7.62. The molecule has 1 N–H and O–H groups in total. The van der Waals surface area contributed by atoms with Crippen LogP contribution in [-0.2, 0) is 14.3 Å². The highest BCUT2D eigenvalue weighted by molar-refractivity contribution is 5.78. The minimum Gasteiger partial charge on any atom is -0.481 e. The summed E-state index contributed by atoms with van der Waals surface area (Å²) in [4.78, 5) is 25.2. The van der Waals surface area contributed by atoms with Gasteiger partial charge >= 0.3 is 5.97 Å². The van der Waals surface area contributed by atoms with Crippen LogP contribution in [0.4, 0.5) is 0 Å². The summed E-state index contributed by atoms with van der Waals surface area (Å²) in [5.41, 5.74) is 0. The van der Waals surface area contributed by atoms with Crippen molar-refractivity contribution in [3.8, 4) is 0 Å². The van der Waals surface area contributed by atoms with E-state index in [0.29, 0.717) is 18.9 Å². The lowest BCUT2D eigenvalue weighted by atomic mass is 9.86. The number of fused-ring (bicyclic) bond motifs is 2. The van der Waals surface area contributed by atoms with Crippen LogP contribution in [0.5, 0.6) is 0 Å². The van der Waals surface area contributed by atoms with Crippen LogP contribution in [0.2, 0.25) is 0 Å². The third-order valence-electron chi connectivity index (χ3n) is 5.58. The molecule has 112 valence electrons. The summed E-state index contributed by atoms with van der Waals surface area (Å²) in [6, 6.07) is -0.307. The van der Waals surface area contributed by atoms with Gasteiger partial charge in [-0.2, -0.15) is 0 Å².